The Morgan fingerprint density at radius 1 is 0.897 bits per heavy atom. The van der Waals surface area contributed by atoms with Crippen LogP contribution in [0.4, 0.5) is 11.6 Å². The van der Waals surface area contributed by atoms with Crippen LogP contribution in [0, 0.1) is 0 Å². The van der Waals surface area contributed by atoms with Gasteiger partial charge in [-0.15, -0.1) is 0 Å². The van der Waals surface area contributed by atoms with E-state index in [1.165, 1.54) is 30.5 Å². The lowest BCUT2D eigenvalue weighted by molar-refractivity contribution is 0.247. The summed E-state index contributed by atoms with van der Waals surface area (Å²) in [7, 11) is 0. The Hall–Kier alpha value is -3.45. The number of piperazine rings is 1. The lowest BCUT2D eigenvalue weighted by Crippen LogP contribution is -2.46. The molecule has 0 radical (unpaired) electrons. The highest BCUT2D eigenvalue weighted by Crippen LogP contribution is 2.31. The number of rotatable bonds is 5. The van der Waals surface area contributed by atoms with Gasteiger partial charge in [-0.05, 0) is 55.4 Å². The minimum atomic E-state index is 0.142. The van der Waals surface area contributed by atoms with Gasteiger partial charge in [0.2, 0.25) is 5.95 Å². The fraction of sp³-hybridized carbons (Fsp3) is 0.469. The number of H-pyrrole nitrogens is 1. The Kier molecular flexibility index (Phi) is 7.02. The first kappa shape index (κ1) is 25.8. The maximum atomic E-state index is 5.06. The largest absolute Gasteiger partial charge is 0.367 e. The summed E-state index contributed by atoms with van der Waals surface area (Å²) >= 11 is 0. The van der Waals surface area contributed by atoms with Crippen LogP contribution in [0.15, 0.2) is 54.7 Å². The third-order valence-corrected chi connectivity index (χ3v) is 8.37. The van der Waals surface area contributed by atoms with Gasteiger partial charge >= 0.3 is 0 Å². The monoisotopic (exact) mass is 523 g/mol. The van der Waals surface area contributed by atoms with Gasteiger partial charge in [-0.25, -0.2) is 15.0 Å². The van der Waals surface area contributed by atoms with Gasteiger partial charge < -0.3 is 14.8 Å². The van der Waals surface area contributed by atoms with Crippen molar-refractivity contribution >= 4 is 22.7 Å². The van der Waals surface area contributed by atoms with E-state index < -0.39 is 0 Å². The molecule has 0 bridgehead atoms. The van der Waals surface area contributed by atoms with Crippen molar-refractivity contribution in [2.24, 2.45) is 0 Å². The van der Waals surface area contributed by atoms with Gasteiger partial charge in [0.05, 0.1) is 16.9 Å². The van der Waals surface area contributed by atoms with Crippen LogP contribution < -0.4 is 9.80 Å². The minimum absolute atomic E-state index is 0.142. The van der Waals surface area contributed by atoms with Crippen molar-refractivity contribution in [1.82, 2.24) is 24.8 Å². The number of imidazole rings is 1. The van der Waals surface area contributed by atoms with Crippen LogP contribution in [-0.4, -0.2) is 63.6 Å². The zero-order valence-electron chi connectivity index (χ0n) is 23.8. The molecule has 4 heterocycles. The molecule has 2 aliphatic rings. The zero-order valence-corrected chi connectivity index (χ0v) is 23.8. The summed E-state index contributed by atoms with van der Waals surface area (Å²) in [6, 6.07) is 17.9. The van der Waals surface area contributed by atoms with E-state index in [9.17, 15) is 0 Å². The van der Waals surface area contributed by atoms with Crippen LogP contribution in [0.25, 0.3) is 22.4 Å². The predicted molar refractivity (Wildman–Crippen MR) is 160 cm³/mol. The molecule has 7 heteroatoms. The number of para-hydroxylation sites is 1. The number of aromatic nitrogens is 4. The average molecular weight is 524 g/mol. The number of benzene rings is 2. The number of hydrogen-bond donors (Lipinski definition) is 1. The summed E-state index contributed by atoms with van der Waals surface area (Å²) in [6.07, 6.45) is 5.69. The highest BCUT2D eigenvalue weighted by molar-refractivity contribution is 5.91. The van der Waals surface area contributed by atoms with E-state index in [1.807, 2.05) is 6.20 Å². The van der Waals surface area contributed by atoms with E-state index in [1.54, 1.807) is 0 Å². The van der Waals surface area contributed by atoms with Crippen molar-refractivity contribution in [3.05, 3.63) is 66.0 Å². The Balaban J connectivity index is 1.13. The number of piperidine rings is 1. The molecule has 2 aromatic heterocycles. The summed E-state index contributed by atoms with van der Waals surface area (Å²) in [5, 5.41) is 0. The smallest absolute Gasteiger partial charge is 0.225 e. The molecular formula is C32H41N7. The van der Waals surface area contributed by atoms with Gasteiger partial charge in [0.15, 0.2) is 0 Å². The number of hydrogen-bond acceptors (Lipinski definition) is 6. The van der Waals surface area contributed by atoms with Crippen molar-refractivity contribution in [3.63, 3.8) is 0 Å². The van der Waals surface area contributed by atoms with Crippen molar-refractivity contribution in [3.8, 4) is 11.4 Å². The molecule has 204 valence electrons. The van der Waals surface area contributed by atoms with Crippen LogP contribution in [0.1, 0.15) is 58.2 Å². The molecule has 2 aliphatic heterocycles. The van der Waals surface area contributed by atoms with Crippen LogP contribution in [0.2, 0.25) is 0 Å². The van der Waals surface area contributed by atoms with Crippen LogP contribution >= 0.6 is 0 Å². The second kappa shape index (κ2) is 10.6. The van der Waals surface area contributed by atoms with Crippen molar-refractivity contribution in [2.75, 3.05) is 42.5 Å². The van der Waals surface area contributed by atoms with E-state index >= 15 is 0 Å². The quantitative estimate of drug-likeness (QED) is 0.345. The molecule has 1 atom stereocenters. The van der Waals surface area contributed by atoms with Crippen LogP contribution in [0.3, 0.4) is 0 Å². The predicted octanol–water partition coefficient (Wildman–Crippen LogP) is 6.02. The van der Waals surface area contributed by atoms with Crippen molar-refractivity contribution < 1.29 is 0 Å². The second-order valence-corrected chi connectivity index (χ2v) is 12.2. The second-order valence-electron chi connectivity index (χ2n) is 12.2. The Labute approximate surface area is 232 Å². The SMILES string of the molecule is CC1CCCCN1c1nccc(CN2CCN(c3cccc4[nH]c(-c5ccc(C(C)(C)C)cc5)nc34)CC2)n1. The van der Waals surface area contributed by atoms with E-state index in [0.717, 1.165) is 73.3 Å². The minimum Gasteiger partial charge on any atom is -0.367 e. The molecular weight excluding hydrogens is 482 g/mol. The number of anilines is 2. The van der Waals surface area contributed by atoms with Gasteiger partial charge in [-0.3, -0.25) is 4.90 Å². The molecule has 0 saturated carbocycles. The van der Waals surface area contributed by atoms with Crippen LogP contribution in [-0.2, 0) is 12.0 Å². The number of aromatic amines is 1. The summed E-state index contributed by atoms with van der Waals surface area (Å²) in [5.74, 6) is 1.83. The third kappa shape index (κ3) is 5.50. The summed E-state index contributed by atoms with van der Waals surface area (Å²) < 4.78 is 0. The highest BCUT2D eigenvalue weighted by Gasteiger charge is 2.23. The topological polar surface area (TPSA) is 64.2 Å². The molecule has 0 aliphatic carbocycles. The highest BCUT2D eigenvalue weighted by atomic mass is 15.3. The molecule has 39 heavy (non-hydrogen) atoms. The Bertz CT molecular complexity index is 1410. The average Bonchev–Trinajstić information content (AvgIpc) is 3.38. The molecule has 4 aromatic rings. The maximum Gasteiger partial charge on any atom is 0.225 e. The Morgan fingerprint density at radius 3 is 2.44 bits per heavy atom. The van der Waals surface area contributed by atoms with Gasteiger partial charge in [0.25, 0.3) is 0 Å². The normalized spacial score (nSPS) is 19.1. The van der Waals surface area contributed by atoms with Gasteiger partial charge in [0, 0.05) is 57.1 Å². The molecule has 0 spiro atoms. The molecule has 2 aromatic carbocycles. The molecule has 1 unspecified atom stereocenters. The molecule has 0 amide bonds. The first-order valence-corrected chi connectivity index (χ1v) is 14.5. The number of nitrogens with one attached hydrogen (secondary N) is 1. The van der Waals surface area contributed by atoms with Crippen molar-refractivity contribution in [1.29, 1.82) is 0 Å². The molecule has 2 fully saturated rings. The van der Waals surface area contributed by atoms with Gasteiger partial charge in [0.1, 0.15) is 11.3 Å². The van der Waals surface area contributed by atoms with Gasteiger partial charge in [-0.1, -0.05) is 51.1 Å². The number of fused-ring (bicyclic) bond motifs is 1. The molecule has 2 saturated heterocycles. The summed E-state index contributed by atoms with van der Waals surface area (Å²) in [4.78, 5) is 25.5. The fourth-order valence-corrected chi connectivity index (χ4v) is 5.92. The standard InChI is InChI=1S/C32H41N7/c1-23-8-5-6-17-39(23)31-33-16-15-26(34-31)22-37-18-20-38(21-19-37)28-10-7-9-27-29(28)36-30(35-27)24-11-13-25(14-12-24)32(2,3)4/h7,9-16,23H,5-6,8,17-22H2,1-4H3,(H,35,36). The molecule has 7 nitrogen and oxygen atoms in total. The first-order valence-electron chi connectivity index (χ1n) is 14.5. The zero-order chi connectivity index (χ0) is 27.0. The lowest BCUT2D eigenvalue weighted by atomic mass is 9.87. The van der Waals surface area contributed by atoms with E-state index in [0.29, 0.717) is 6.04 Å². The summed E-state index contributed by atoms with van der Waals surface area (Å²) in [5.41, 5.74) is 7.07. The lowest BCUT2D eigenvalue weighted by Gasteiger charge is -2.36. The van der Waals surface area contributed by atoms with Crippen LogP contribution in [0.5, 0.6) is 0 Å². The van der Waals surface area contributed by atoms with E-state index in [2.05, 4.69) is 101 Å². The number of nitrogens with zero attached hydrogens (tertiary/aromatic N) is 6. The third-order valence-electron chi connectivity index (χ3n) is 8.37. The van der Waals surface area contributed by atoms with Gasteiger partial charge in [-0.2, -0.15) is 0 Å². The molecule has 6 rings (SSSR count). The maximum absolute atomic E-state index is 5.06. The fourth-order valence-electron chi connectivity index (χ4n) is 5.92. The van der Waals surface area contributed by atoms with E-state index in [-0.39, 0.29) is 5.41 Å². The van der Waals surface area contributed by atoms with Crippen molar-refractivity contribution in [2.45, 2.75) is 65.0 Å². The Morgan fingerprint density at radius 2 is 1.69 bits per heavy atom. The first-order chi connectivity index (χ1) is 18.8. The van der Waals surface area contributed by atoms with E-state index in [4.69, 9.17) is 9.97 Å². The summed E-state index contributed by atoms with van der Waals surface area (Å²) in [6.45, 7) is 14.9. The molecule has 1 N–H and O–H groups in total.